The van der Waals surface area contributed by atoms with Crippen LogP contribution in [0.3, 0.4) is 0 Å². The second-order valence-electron chi connectivity index (χ2n) is 5.10. The van der Waals surface area contributed by atoms with E-state index >= 15 is 0 Å². The van der Waals surface area contributed by atoms with E-state index in [1.54, 1.807) is 11.1 Å². The van der Waals surface area contributed by atoms with Crippen LogP contribution in [0.25, 0.3) is 6.08 Å². The number of rotatable bonds is 0. The molecule has 0 N–H and O–H groups in total. The molecule has 1 fully saturated rings. The molecule has 2 unspecified atom stereocenters. The fourth-order valence-corrected chi connectivity index (χ4v) is 3.19. The maximum Gasteiger partial charge on any atom is -0.0133 e. The van der Waals surface area contributed by atoms with Gasteiger partial charge >= 0.3 is 0 Å². The molecule has 0 spiro atoms. The van der Waals surface area contributed by atoms with Crippen LogP contribution in [-0.4, -0.2) is 0 Å². The number of fused-ring (bicyclic) bond motifs is 2. The van der Waals surface area contributed by atoms with Gasteiger partial charge in [0.25, 0.3) is 0 Å². The van der Waals surface area contributed by atoms with Crippen molar-refractivity contribution in [2.45, 2.75) is 32.6 Å². The lowest BCUT2D eigenvalue weighted by Crippen LogP contribution is -2.24. The molecule has 15 heavy (non-hydrogen) atoms. The topological polar surface area (TPSA) is 0 Å². The summed E-state index contributed by atoms with van der Waals surface area (Å²) in [7, 11) is 0. The summed E-state index contributed by atoms with van der Waals surface area (Å²) < 4.78 is 0. The van der Waals surface area contributed by atoms with Gasteiger partial charge in [-0.25, -0.2) is 0 Å². The predicted molar refractivity (Wildman–Crippen MR) is 64.6 cm³/mol. The zero-order chi connectivity index (χ0) is 10.3. The van der Waals surface area contributed by atoms with E-state index in [1.165, 1.54) is 31.2 Å². The largest absolute Gasteiger partial charge is 0.0659 e. The molecule has 0 radical (unpaired) electrons. The summed E-state index contributed by atoms with van der Waals surface area (Å²) in [5, 5.41) is 0. The molecule has 0 heterocycles. The van der Waals surface area contributed by atoms with Crippen LogP contribution in [0, 0.1) is 11.8 Å². The first-order valence-electron chi connectivity index (χ1n) is 6.13. The summed E-state index contributed by atoms with van der Waals surface area (Å²) in [6.07, 6.45) is 7.89. The smallest absolute Gasteiger partial charge is 0.0133 e. The Hall–Kier alpha value is -1.04. The standard InChI is InChI=1S/C15H18/c1-11-5-4-8-14-9-12-6-2-3-7-13(12)10-15(11)14/h2-3,6-7,9,11,15H,4-5,8,10H2,1H3. The third-order valence-electron chi connectivity index (χ3n) is 4.12. The highest BCUT2D eigenvalue weighted by molar-refractivity contribution is 5.60. The van der Waals surface area contributed by atoms with E-state index in [0.717, 1.165) is 11.8 Å². The van der Waals surface area contributed by atoms with Crippen molar-refractivity contribution in [2.24, 2.45) is 11.8 Å². The van der Waals surface area contributed by atoms with Gasteiger partial charge in [-0.3, -0.25) is 0 Å². The maximum absolute atomic E-state index is 2.46. The number of benzene rings is 1. The molecule has 1 aromatic rings. The molecular weight excluding hydrogens is 180 g/mol. The molecule has 0 aromatic heterocycles. The molecule has 0 amide bonds. The van der Waals surface area contributed by atoms with Gasteiger partial charge in [-0.15, -0.1) is 0 Å². The van der Waals surface area contributed by atoms with Gasteiger partial charge in [0.2, 0.25) is 0 Å². The van der Waals surface area contributed by atoms with E-state index < -0.39 is 0 Å². The summed E-state index contributed by atoms with van der Waals surface area (Å²) >= 11 is 0. The molecule has 0 heteroatoms. The quantitative estimate of drug-likeness (QED) is 0.589. The molecule has 2 aliphatic rings. The van der Waals surface area contributed by atoms with Crippen LogP contribution in [0.4, 0.5) is 0 Å². The van der Waals surface area contributed by atoms with Crippen molar-refractivity contribution < 1.29 is 0 Å². The predicted octanol–water partition coefficient (Wildman–Crippen LogP) is 4.06. The Morgan fingerprint density at radius 3 is 3.00 bits per heavy atom. The highest BCUT2D eigenvalue weighted by Gasteiger charge is 2.28. The van der Waals surface area contributed by atoms with E-state index in [2.05, 4.69) is 37.3 Å². The first kappa shape index (κ1) is 9.21. The average molecular weight is 198 g/mol. The van der Waals surface area contributed by atoms with Gasteiger partial charge in [0.05, 0.1) is 0 Å². The first-order chi connectivity index (χ1) is 7.34. The van der Waals surface area contributed by atoms with Crippen LogP contribution >= 0.6 is 0 Å². The molecule has 0 saturated heterocycles. The van der Waals surface area contributed by atoms with Crippen molar-refractivity contribution in [1.82, 2.24) is 0 Å². The van der Waals surface area contributed by atoms with Gasteiger partial charge < -0.3 is 0 Å². The molecule has 0 bridgehead atoms. The van der Waals surface area contributed by atoms with Gasteiger partial charge in [0, 0.05) is 0 Å². The third kappa shape index (κ3) is 1.52. The molecule has 2 aliphatic carbocycles. The summed E-state index contributed by atoms with van der Waals surface area (Å²) in [6, 6.07) is 8.88. The van der Waals surface area contributed by atoms with Gasteiger partial charge in [-0.05, 0) is 48.6 Å². The van der Waals surface area contributed by atoms with Crippen molar-refractivity contribution in [2.75, 3.05) is 0 Å². The van der Waals surface area contributed by atoms with Gasteiger partial charge in [0.15, 0.2) is 0 Å². The Balaban J connectivity index is 2.03. The van der Waals surface area contributed by atoms with Crippen molar-refractivity contribution in [3.05, 3.63) is 41.0 Å². The Bertz CT molecular complexity index is 400. The molecule has 1 saturated carbocycles. The van der Waals surface area contributed by atoms with Crippen molar-refractivity contribution >= 4 is 6.08 Å². The number of hydrogen-bond acceptors (Lipinski definition) is 0. The number of hydrogen-bond donors (Lipinski definition) is 0. The lowest BCUT2D eigenvalue weighted by molar-refractivity contribution is 0.325. The Morgan fingerprint density at radius 1 is 1.20 bits per heavy atom. The Kier molecular flexibility index (Phi) is 2.16. The van der Waals surface area contributed by atoms with E-state index in [9.17, 15) is 0 Å². The van der Waals surface area contributed by atoms with Crippen LogP contribution in [-0.2, 0) is 6.42 Å². The zero-order valence-corrected chi connectivity index (χ0v) is 9.37. The lowest BCUT2D eigenvalue weighted by atomic mass is 9.70. The van der Waals surface area contributed by atoms with Gasteiger partial charge in [-0.2, -0.15) is 0 Å². The molecule has 78 valence electrons. The Morgan fingerprint density at radius 2 is 2.07 bits per heavy atom. The normalized spacial score (nSPS) is 29.0. The van der Waals surface area contributed by atoms with Crippen molar-refractivity contribution in [3.8, 4) is 0 Å². The first-order valence-corrected chi connectivity index (χ1v) is 6.13. The van der Waals surface area contributed by atoms with Gasteiger partial charge in [0.1, 0.15) is 0 Å². The van der Waals surface area contributed by atoms with Crippen LogP contribution in [0.2, 0.25) is 0 Å². The van der Waals surface area contributed by atoms with Crippen LogP contribution in [0.15, 0.2) is 29.8 Å². The Labute approximate surface area is 92.0 Å². The van der Waals surface area contributed by atoms with Crippen LogP contribution in [0.5, 0.6) is 0 Å². The second-order valence-corrected chi connectivity index (χ2v) is 5.10. The molecule has 0 aliphatic heterocycles. The van der Waals surface area contributed by atoms with E-state index in [4.69, 9.17) is 0 Å². The zero-order valence-electron chi connectivity index (χ0n) is 9.37. The molecule has 0 nitrogen and oxygen atoms in total. The average Bonchev–Trinajstić information content (AvgIpc) is 2.27. The summed E-state index contributed by atoms with van der Waals surface area (Å²) in [5.74, 6) is 1.73. The molecule has 1 aromatic carbocycles. The third-order valence-corrected chi connectivity index (χ3v) is 4.12. The molecule has 3 rings (SSSR count). The monoisotopic (exact) mass is 198 g/mol. The lowest BCUT2D eigenvalue weighted by Gasteiger charge is -2.35. The summed E-state index contributed by atoms with van der Waals surface area (Å²) in [5.41, 5.74) is 4.74. The fourth-order valence-electron chi connectivity index (χ4n) is 3.19. The minimum Gasteiger partial charge on any atom is -0.0659 e. The van der Waals surface area contributed by atoms with Crippen molar-refractivity contribution in [1.29, 1.82) is 0 Å². The van der Waals surface area contributed by atoms with E-state index in [-0.39, 0.29) is 0 Å². The van der Waals surface area contributed by atoms with Crippen molar-refractivity contribution in [3.63, 3.8) is 0 Å². The van der Waals surface area contributed by atoms with Crippen LogP contribution < -0.4 is 0 Å². The number of allylic oxidation sites excluding steroid dienone is 1. The maximum atomic E-state index is 2.46. The minimum absolute atomic E-state index is 0.841. The van der Waals surface area contributed by atoms with Crippen LogP contribution in [0.1, 0.15) is 37.3 Å². The molecular formula is C15H18. The van der Waals surface area contributed by atoms with E-state index in [0.29, 0.717) is 0 Å². The van der Waals surface area contributed by atoms with Gasteiger partial charge in [-0.1, -0.05) is 42.8 Å². The fraction of sp³-hybridized carbons (Fsp3) is 0.467. The molecule has 2 atom stereocenters. The summed E-state index contributed by atoms with van der Waals surface area (Å²) in [4.78, 5) is 0. The highest BCUT2D eigenvalue weighted by Crippen LogP contribution is 2.41. The second kappa shape index (κ2) is 3.52. The SMILES string of the molecule is CC1CCCC2=Cc3ccccc3CC21. The summed E-state index contributed by atoms with van der Waals surface area (Å²) in [6.45, 7) is 2.42. The highest BCUT2D eigenvalue weighted by atomic mass is 14.3. The minimum atomic E-state index is 0.841. The van der Waals surface area contributed by atoms with E-state index in [1.807, 2.05) is 0 Å².